The molecule has 1 nitrogen and oxygen atoms in total. The fraction of sp³-hybridized carbons (Fsp3) is 0.692. The van der Waals surface area contributed by atoms with Crippen LogP contribution in [0.3, 0.4) is 0 Å². The molecule has 0 aromatic heterocycles. The highest BCUT2D eigenvalue weighted by molar-refractivity contribution is 5.85. The van der Waals surface area contributed by atoms with Crippen molar-refractivity contribution < 1.29 is 0 Å². The van der Waals surface area contributed by atoms with Crippen molar-refractivity contribution in [1.82, 2.24) is 4.90 Å². The van der Waals surface area contributed by atoms with Gasteiger partial charge in [-0.2, -0.15) is 0 Å². The van der Waals surface area contributed by atoms with E-state index >= 15 is 0 Å². The van der Waals surface area contributed by atoms with Crippen molar-refractivity contribution in [2.24, 2.45) is 0 Å². The lowest BCUT2D eigenvalue weighted by Gasteiger charge is -2.12. The molecule has 0 aliphatic rings. The lowest BCUT2D eigenvalue weighted by Crippen LogP contribution is -2.09. The zero-order valence-electron chi connectivity index (χ0n) is 19.8. The molecule has 0 unspecified atom stereocenters. The number of halogens is 1. The third-order valence-electron chi connectivity index (χ3n) is 5.38. The minimum absolute atomic E-state index is 0. The number of unbranched alkanes of at least 4 members (excludes halogenated alkanes) is 9. The molecular weight excluding hydrogens is 362 g/mol. The zero-order chi connectivity index (χ0) is 20.5. The Morgan fingerprint density at radius 3 is 1.68 bits per heavy atom. The van der Waals surface area contributed by atoms with Crippen LogP contribution in [-0.4, -0.2) is 25.5 Å². The Morgan fingerprint density at radius 2 is 1.25 bits per heavy atom. The van der Waals surface area contributed by atoms with Gasteiger partial charge in [0.1, 0.15) is 0 Å². The second kappa shape index (κ2) is 19.5. The van der Waals surface area contributed by atoms with Crippen LogP contribution in [-0.2, 0) is 6.42 Å². The van der Waals surface area contributed by atoms with Gasteiger partial charge in [0.2, 0.25) is 0 Å². The second-order valence-electron chi connectivity index (χ2n) is 8.29. The largest absolute Gasteiger partial charge is 0.306 e. The van der Waals surface area contributed by atoms with Gasteiger partial charge in [0.05, 0.1) is 0 Å². The predicted molar refractivity (Wildman–Crippen MR) is 132 cm³/mol. The van der Waals surface area contributed by atoms with E-state index in [1.54, 1.807) is 5.56 Å². The molecular formula is C26H48ClN. The first kappa shape index (κ1) is 29.4. The molecule has 1 aromatic carbocycles. The fourth-order valence-corrected chi connectivity index (χ4v) is 3.44. The summed E-state index contributed by atoms with van der Waals surface area (Å²) >= 11 is 0. The van der Waals surface area contributed by atoms with Gasteiger partial charge in [0, 0.05) is 6.54 Å². The molecule has 0 aliphatic carbocycles. The number of rotatable bonds is 13. The van der Waals surface area contributed by atoms with Gasteiger partial charge in [-0.3, -0.25) is 0 Å². The van der Waals surface area contributed by atoms with Gasteiger partial charge in [0.15, 0.2) is 0 Å². The Bertz CT molecular complexity index is 493. The zero-order valence-corrected chi connectivity index (χ0v) is 20.6. The minimum Gasteiger partial charge on any atom is -0.306 e. The Kier molecular flexibility index (Phi) is 20.5. The van der Waals surface area contributed by atoms with Crippen LogP contribution in [0.15, 0.2) is 24.8 Å². The minimum atomic E-state index is 0. The van der Waals surface area contributed by atoms with Crippen molar-refractivity contribution in [3.05, 3.63) is 47.0 Å². The van der Waals surface area contributed by atoms with Gasteiger partial charge in [-0.1, -0.05) is 82.9 Å². The topological polar surface area (TPSA) is 3.24 Å². The quantitative estimate of drug-likeness (QED) is 0.234. The first-order chi connectivity index (χ1) is 12.9. The van der Waals surface area contributed by atoms with E-state index in [0.717, 1.165) is 6.54 Å². The Labute approximate surface area is 183 Å². The molecule has 0 N–H and O–H groups in total. The predicted octanol–water partition coefficient (Wildman–Crippen LogP) is 8.23. The molecule has 0 heterocycles. The number of benzene rings is 1. The Balaban J connectivity index is 0. The molecule has 0 saturated heterocycles. The van der Waals surface area contributed by atoms with Gasteiger partial charge in [-0.05, 0) is 70.0 Å². The molecule has 0 radical (unpaired) electrons. The van der Waals surface area contributed by atoms with Crippen molar-refractivity contribution in [1.29, 1.82) is 0 Å². The first-order valence-electron chi connectivity index (χ1n) is 11.2. The van der Waals surface area contributed by atoms with Gasteiger partial charge in [-0.15, -0.1) is 19.0 Å². The van der Waals surface area contributed by atoms with Crippen molar-refractivity contribution in [2.45, 2.75) is 98.3 Å². The first-order valence-corrected chi connectivity index (χ1v) is 11.2. The third kappa shape index (κ3) is 15.2. The highest BCUT2D eigenvalue weighted by Crippen LogP contribution is 2.20. The van der Waals surface area contributed by atoms with E-state index in [0.29, 0.717) is 0 Å². The average molecular weight is 410 g/mol. The molecule has 0 amide bonds. The summed E-state index contributed by atoms with van der Waals surface area (Å²) in [5.41, 5.74) is 6.05. The van der Waals surface area contributed by atoms with Gasteiger partial charge in [0.25, 0.3) is 0 Å². The van der Waals surface area contributed by atoms with Crippen molar-refractivity contribution in [3.8, 4) is 0 Å². The van der Waals surface area contributed by atoms with E-state index in [4.69, 9.17) is 0 Å². The molecule has 1 aromatic rings. The molecule has 0 aliphatic heterocycles. The fourth-order valence-electron chi connectivity index (χ4n) is 3.44. The van der Waals surface area contributed by atoms with Crippen LogP contribution < -0.4 is 0 Å². The number of likely N-dealkylation sites (N-methyl/N-ethyl adjacent to an activating group) is 1. The van der Waals surface area contributed by atoms with E-state index in [9.17, 15) is 0 Å². The molecule has 0 atom stereocenters. The lowest BCUT2D eigenvalue weighted by atomic mass is 9.94. The van der Waals surface area contributed by atoms with Crippen molar-refractivity contribution >= 4 is 12.4 Å². The van der Waals surface area contributed by atoms with Crippen molar-refractivity contribution in [3.63, 3.8) is 0 Å². The highest BCUT2D eigenvalue weighted by Gasteiger charge is 2.04. The molecule has 28 heavy (non-hydrogen) atoms. The molecule has 0 spiro atoms. The average Bonchev–Trinajstić information content (AvgIpc) is 2.63. The summed E-state index contributed by atoms with van der Waals surface area (Å²) in [5.74, 6) is 0. The van der Waals surface area contributed by atoms with Crippen LogP contribution in [0.25, 0.3) is 0 Å². The summed E-state index contributed by atoms with van der Waals surface area (Å²) in [7, 11) is 4.03. The number of aryl methyl sites for hydroxylation is 2. The van der Waals surface area contributed by atoms with Gasteiger partial charge in [-0.25, -0.2) is 0 Å². The normalized spacial score (nSPS) is 10.2. The molecule has 0 bridgehead atoms. The highest BCUT2D eigenvalue weighted by atomic mass is 35.5. The van der Waals surface area contributed by atoms with E-state index in [1.807, 2.05) is 20.2 Å². The van der Waals surface area contributed by atoms with E-state index in [2.05, 4.69) is 51.3 Å². The third-order valence-corrected chi connectivity index (χ3v) is 5.38. The van der Waals surface area contributed by atoms with Gasteiger partial charge >= 0.3 is 0 Å². The SMILES string of the molecule is C=CCN(C)C.CCCCCCCCCCCCc1c(C)ccc(C)c1C.Cl. The summed E-state index contributed by atoms with van der Waals surface area (Å²) in [5, 5.41) is 0. The van der Waals surface area contributed by atoms with Crippen LogP contribution in [0, 0.1) is 20.8 Å². The Morgan fingerprint density at radius 1 is 0.786 bits per heavy atom. The van der Waals surface area contributed by atoms with Gasteiger partial charge < -0.3 is 4.90 Å². The number of hydrogen-bond donors (Lipinski definition) is 0. The standard InChI is InChI=1S/C21H36.C5H11N.ClH/c1-5-6-7-8-9-10-11-12-13-14-15-21-19(3)17-16-18(2)20(21)4;1-4-5-6(2)3;/h16-17H,5-15H2,1-4H3;4H,1,5H2,2-3H3;1H. The summed E-state index contributed by atoms with van der Waals surface area (Å²) in [6.45, 7) is 13.6. The molecule has 0 saturated carbocycles. The maximum Gasteiger partial charge on any atom is 0.0154 e. The van der Waals surface area contributed by atoms with Crippen LogP contribution >= 0.6 is 12.4 Å². The Hall–Kier alpha value is -0.790. The molecule has 164 valence electrons. The summed E-state index contributed by atoms with van der Waals surface area (Å²) in [6.07, 6.45) is 17.4. The van der Waals surface area contributed by atoms with Crippen molar-refractivity contribution in [2.75, 3.05) is 20.6 Å². The van der Waals surface area contributed by atoms with Crippen LogP contribution in [0.4, 0.5) is 0 Å². The molecule has 0 fully saturated rings. The molecule has 2 heteroatoms. The lowest BCUT2D eigenvalue weighted by molar-refractivity contribution is 0.457. The maximum absolute atomic E-state index is 3.56. The van der Waals surface area contributed by atoms with E-state index < -0.39 is 0 Å². The van der Waals surface area contributed by atoms with Crippen LogP contribution in [0.5, 0.6) is 0 Å². The maximum atomic E-state index is 3.56. The summed E-state index contributed by atoms with van der Waals surface area (Å²) < 4.78 is 0. The smallest absolute Gasteiger partial charge is 0.0154 e. The van der Waals surface area contributed by atoms with Crippen LogP contribution in [0.1, 0.15) is 93.4 Å². The molecule has 1 rings (SSSR count). The summed E-state index contributed by atoms with van der Waals surface area (Å²) in [4.78, 5) is 2.06. The monoisotopic (exact) mass is 409 g/mol. The van der Waals surface area contributed by atoms with E-state index in [1.165, 1.54) is 87.3 Å². The van der Waals surface area contributed by atoms with Crippen LogP contribution in [0.2, 0.25) is 0 Å². The number of nitrogens with zero attached hydrogens (tertiary/aromatic N) is 1. The van der Waals surface area contributed by atoms with E-state index in [-0.39, 0.29) is 12.4 Å². The summed E-state index contributed by atoms with van der Waals surface area (Å²) in [6, 6.07) is 4.54. The number of hydrogen-bond acceptors (Lipinski definition) is 1. The second-order valence-corrected chi connectivity index (χ2v) is 8.29.